The van der Waals surface area contributed by atoms with Crippen molar-refractivity contribution in [2.45, 2.75) is 298 Å². The Kier molecular flexibility index (Phi) is 45.4. The minimum atomic E-state index is -2.01. The second kappa shape index (κ2) is 47.4. The van der Waals surface area contributed by atoms with Crippen LogP contribution in [0.15, 0.2) is 0 Å². The number of nitrogens with two attached hydrogens (primary N) is 1. The summed E-state index contributed by atoms with van der Waals surface area (Å²) in [5.74, 6) is -7.36. The molecule has 73 heavy (non-hydrogen) atoms. The van der Waals surface area contributed by atoms with Gasteiger partial charge in [-0.1, -0.05) is 235 Å². The lowest BCUT2D eigenvalue weighted by Crippen LogP contribution is -2.57. The quantitative estimate of drug-likeness (QED) is 0.0345. The topological polar surface area (TPSA) is 184 Å². The van der Waals surface area contributed by atoms with Crippen molar-refractivity contribution < 1.29 is 57.2 Å². The van der Waals surface area contributed by atoms with Crippen LogP contribution in [-0.2, 0) is 57.2 Å². The van der Waals surface area contributed by atoms with Gasteiger partial charge >= 0.3 is 29.8 Å². The van der Waals surface area contributed by atoms with Crippen molar-refractivity contribution in [1.82, 2.24) is 0 Å². The van der Waals surface area contributed by atoms with Gasteiger partial charge in [-0.2, -0.15) is 0 Å². The number of ether oxygens (including phenoxy) is 6. The van der Waals surface area contributed by atoms with Crippen LogP contribution in [0.4, 0.5) is 0 Å². The van der Waals surface area contributed by atoms with Crippen LogP contribution >= 0.6 is 0 Å². The Morgan fingerprint density at radius 2 is 0.644 bits per heavy atom. The fraction of sp³-hybridized carbons (Fsp3) is 0.900. The number of hydrogen-bond donors (Lipinski definition) is 1. The molecule has 0 bridgehead atoms. The zero-order chi connectivity index (χ0) is 54.5. The molecule has 0 aromatic heterocycles. The van der Waals surface area contributed by atoms with Gasteiger partial charge in [-0.3, -0.25) is 24.0 Å². The summed E-state index contributed by atoms with van der Waals surface area (Å²) >= 11 is 0. The third-order valence-electron chi connectivity index (χ3n) is 14.2. The van der Waals surface area contributed by atoms with E-state index in [-0.39, 0.29) is 32.6 Å². The predicted molar refractivity (Wildman–Crippen MR) is 293 cm³/mol. The molecule has 0 fully saturated rings. The molecule has 0 saturated carbocycles. The second-order valence-electron chi connectivity index (χ2n) is 21.3. The van der Waals surface area contributed by atoms with Gasteiger partial charge in [-0.05, 0) is 38.6 Å². The third-order valence-corrected chi connectivity index (χ3v) is 14.2. The van der Waals surface area contributed by atoms with Gasteiger partial charge in [0.15, 0.2) is 18.0 Å². The van der Waals surface area contributed by atoms with E-state index in [0.717, 1.165) is 154 Å². The van der Waals surface area contributed by atoms with E-state index in [4.69, 9.17) is 34.2 Å². The standard InChI is InChI=1S/C60H111NO12/c1-10-14-18-22-26-30-34-39-47(5)56(63)70-52(51(62)43-38-44-61)53(71-57(64)48(6)40-35-31-27-23-19-15-11-2)54(72-58(65)49(7)41-36-32-28-24-20-16-12-3)55(60(67)69-46-45-68-9)73-59(66)50(8)42-37-33-29-25-21-17-13-4/h47-50,52-55H,10-46,61H2,1-9H3. The van der Waals surface area contributed by atoms with Crippen molar-refractivity contribution in [3.05, 3.63) is 0 Å². The van der Waals surface area contributed by atoms with E-state index in [1.807, 2.05) is 0 Å². The Labute approximate surface area is 445 Å². The van der Waals surface area contributed by atoms with Crippen molar-refractivity contribution in [2.75, 3.05) is 26.9 Å². The number of ketones is 1. The van der Waals surface area contributed by atoms with E-state index < -0.39 is 83.7 Å². The molecule has 8 atom stereocenters. The maximum atomic E-state index is 14.6. The average molecular weight is 1040 g/mol. The molecule has 0 amide bonds. The van der Waals surface area contributed by atoms with E-state index >= 15 is 0 Å². The van der Waals surface area contributed by atoms with E-state index in [2.05, 4.69) is 27.7 Å². The molecule has 13 heteroatoms. The number of Topliss-reactive ketones (excluding diaryl/α,β-unsaturated/α-hetero) is 1. The SMILES string of the molecule is CCCCCCCCCC(C)C(=O)OC(C(=O)CCCN)C(OC(=O)C(C)CCCCCCCCC)C(OC(=O)C(C)CCCCCCCCC)C(OC(=O)C(C)CCCCCCCCC)C(=O)OCCOC. The first-order valence-corrected chi connectivity index (χ1v) is 29.9. The zero-order valence-electron chi connectivity index (χ0n) is 48.3. The second-order valence-corrected chi connectivity index (χ2v) is 21.3. The summed E-state index contributed by atoms with van der Waals surface area (Å²) in [6.07, 6.45) is 23.4. The van der Waals surface area contributed by atoms with Gasteiger partial charge in [0, 0.05) is 13.5 Å². The Balaban J connectivity index is 7.53. The molecule has 8 unspecified atom stereocenters. The minimum Gasteiger partial charge on any atom is -0.460 e. The Morgan fingerprint density at radius 3 is 0.959 bits per heavy atom. The average Bonchev–Trinajstić information content (AvgIpc) is 3.38. The number of methoxy groups -OCH3 is 1. The van der Waals surface area contributed by atoms with Crippen LogP contribution < -0.4 is 5.73 Å². The van der Waals surface area contributed by atoms with Crippen molar-refractivity contribution in [2.24, 2.45) is 29.4 Å². The Bertz CT molecular complexity index is 1410. The Hall–Kier alpha value is -3.06. The molecule has 428 valence electrons. The number of carbonyl (C=O) groups is 6. The lowest BCUT2D eigenvalue weighted by atomic mass is 9.95. The van der Waals surface area contributed by atoms with E-state index in [1.54, 1.807) is 27.7 Å². The summed E-state index contributed by atoms with van der Waals surface area (Å²) in [6.45, 7) is 15.5. The van der Waals surface area contributed by atoms with E-state index in [1.165, 1.54) is 32.8 Å². The largest absolute Gasteiger partial charge is 0.460 e. The fourth-order valence-electron chi connectivity index (χ4n) is 8.98. The maximum Gasteiger partial charge on any atom is 0.351 e. The first-order valence-electron chi connectivity index (χ1n) is 29.9. The molecule has 2 N–H and O–H groups in total. The van der Waals surface area contributed by atoms with Crippen molar-refractivity contribution in [3.8, 4) is 0 Å². The smallest absolute Gasteiger partial charge is 0.351 e. The molecule has 0 rings (SSSR count). The zero-order valence-corrected chi connectivity index (χ0v) is 48.3. The molecule has 13 nitrogen and oxygen atoms in total. The highest BCUT2D eigenvalue weighted by molar-refractivity contribution is 5.88. The fourth-order valence-corrected chi connectivity index (χ4v) is 8.98. The van der Waals surface area contributed by atoms with Gasteiger partial charge in [0.25, 0.3) is 0 Å². The van der Waals surface area contributed by atoms with Crippen LogP contribution in [0.3, 0.4) is 0 Å². The summed E-state index contributed by atoms with van der Waals surface area (Å²) < 4.78 is 35.8. The number of unbranched alkanes of at least 4 members (excludes halogenated alkanes) is 24. The first kappa shape index (κ1) is 69.9. The van der Waals surface area contributed by atoms with E-state index in [9.17, 15) is 28.8 Å². The minimum absolute atomic E-state index is 0.00394. The monoisotopic (exact) mass is 1040 g/mol. The molecule has 0 aliphatic carbocycles. The maximum absolute atomic E-state index is 14.6. The molecule has 0 radical (unpaired) electrons. The number of esters is 5. The van der Waals surface area contributed by atoms with Gasteiger partial charge in [0.2, 0.25) is 12.2 Å². The first-order chi connectivity index (χ1) is 35.2. The molecule has 0 saturated heterocycles. The normalized spacial score (nSPS) is 14.8. The summed E-state index contributed by atoms with van der Waals surface area (Å²) in [5.41, 5.74) is 5.92. The molecule has 0 heterocycles. The predicted octanol–water partition coefficient (Wildman–Crippen LogP) is 14.2. The van der Waals surface area contributed by atoms with Crippen molar-refractivity contribution in [3.63, 3.8) is 0 Å². The highest BCUT2D eigenvalue weighted by Crippen LogP contribution is 2.28. The summed E-state index contributed by atoms with van der Waals surface area (Å²) in [5, 5.41) is 0. The van der Waals surface area contributed by atoms with Crippen LogP contribution in [0.1, 0.15) is 274 Å². The van der Waals surface area contributed by atoms with Gasteiger partial charge in [-0.25, -0.2) is 4.79 Å². The third kappa shape index (κ3) is 35.0. The molecule has 0 aromatic carbocycles. The highest BCUT2D eigenvalue weighted by atomic mass is 16.6. The van der Waals surface area contributed by atoms with Gasteiger partial charge in [0.1, 0.15) is 6.61 Å². The van der Waals surface area contributed by atoms with Crippen molar-refractivity contribution in [1.29, 1.82) is 0 Å². The highest BCUT2D eigenvalue weighted by Gasteiger charge is 2.51. The van der Waals surface area contributed by atoms with Crippen LogP contribution in [-0.4, -0.2) is 86.9 Å². The summed E-state index contributed by atoms with van der Waals surface area (Å²) in [6, 6.07) is 0. The molecule has 0 aliphatic heterocycles. The number of carbonyl (C=O) groups excluding carboxylic acids is 6. The van der Waals surface area contributed by atoms with Crippen LogP contribution in [0, 0.1) is 23.7 Å². The van der Waals surface area contributed by atoms with Crippen LogP contribution in [0.5, 0.6) is 0 Å². The Morgan fingerprint density at radius 1 is 0.356 bits per heavy atom. The van der Waals surface area contributed by atoms with Crippen LogP contribution in [0.25, 0.3) is 0 Å². The van der Waals surface area contributed by atoms with Gasteiger partial charge < -0.3 is 34.2 Å². The number of rotatable bonds is 51. The molecular formula is C60H111NO12. The molecule has 0 aromatic rings. The van der Waals surface area contributed by atoms with Crippen LogP contribution in [0.2, 0.25) is 0 Å². The van der Waals surface area contributed by atoms with Gasteiger partial charge in [-0.15, -0.1) is 0 Å². The van der Waals surface area contributed by atoms with E-state index in [0.29, 0.717) is 25.7 Å². The lowest BCUT2D eigenvalue weighted by Gasteiger charge is -2.36. The van der Waals surface area contributed by atoms with Crippen molar-refractivity contribution >= 4 is 35.6 Å². The molecule has 0 aliphatic rings. The lowest BCUT2D eigenvalue weighted by molar-refractivity contribution is -0.211. The van der Waals surface area contributed by atoms with Gasteiger partial charge in [0.05, 0.1) is 30.3 Å². The summed E-state index contributed by atoms with van der Waals surface area (Å²) in [7, 11) is 1.44. The molecular weight excluding hydrogens is 927 g/mol. The molecule has 0 spiro atoms. The number of hydrogen-bond acceptors (Lipinski definition) is 13. The summed E-state index contributed by atoms with van der Waals surface area (Å²) in [4.78, 5) is 86.5.